The zero-order valence-electron chi connectivity index (χ0n) is 15.6. The average molecular weight is 384 g/mol. The number of likely N-dealkylation sites (tertiary alicyclic amines) is 1. The van der Waals surface area contributed by atoms with Crippen LogP contribution in [0.25, 0.3) is 11.0 Å². The summed E-state index contributed by atoms with van der Waals surface area (Å²) < 4.78 is 4.14. The van der Waals surface area contributed by atoms with Gasteiger partial charge >= 0.3 is 5.69 Å². The van der Waals surface area contributed by atoms with Crippen LogP contribution in [0.3, 0.4) is 0 Å². The third kappa shape index (κ3) is 3.19. The maximum atomic E-state index is 12.7. The Labute approximate surface area is 157 Å². The van der Waals surface area contributed by atoms with Gasteiger partial charge in [-0.3, -0.25) is 18.7 Å². The van der Waals surface area contributed by atoms with E-state index in [2.05, 4.69) is 13.8 Å². The van der Waals surface area contributed by atoms with Crippen LogP contribution >= 0.6 is 12.4 Å². The number of nitrogens with two attached hydrogens (primary N) is 1. The molecule has 2 aromatic heterocycles. The number of fused-ring (bicyclic) bond motifs is 1. The van der Waals surface area contributed by atoms with Gasteiger partial charge in [0.15, 0.2) is 0 Å². The molecule has 1 atom stereocenters. The molecule has 26 heavy (non-hydrogen) atoms. The fourth-order valence-corrected chi connectivity index (χ4v) is 3.55. The topological polar surface area (TPSA) is 95.3 Å². The second kappa shape index (κ2) is 6.92. The number of piperidine rings is 1. The van der Waals surface area contributed by atoms with Gasteiger partial charge in [0, 0.05) is 39.4 Å². The number of rotatable bonds is 2. The van der Waals surface area contributed by atoms with Gasteiger partial charge in [-0.15, -0.1) is 12.4 Å². The molecule has 1 fully saturated rings. The zero-order chi connectivity index (χ0) is 18.5. The molecular weight excluding hydrogens is 358 g/mol. The molecule has 3 heterocycles. The van der Waals surface area contributed by atoms with E-state index in [4.69, 9.17) is 5.73 Å². The molecule has 3 rings (SSSR count). The van der Waals surface area contributed by atoms with E-state index in [1.165, 1.54) is 11.6 Å². The maximum Gasteiger partial charge on any atom is 0.332 e. The Hall–Kier alpha value is -2.06. The SMILES string of the molecule is Cl.Cn1c(=O)c2ccn(CC(=O)N3CCC(N)C(C)(C)C3)c2n(C)c1=O. The number of halogens is 1. The summed E-state index contributed by atoms with van der Waals surface area (Å²) in [5.74, 6) is -0.0365. The number of hydrogen-bond acceptors (Lipinski definition) is 4. The molecule has 0 spiro atoms. The molecule has 1 saturated heterocycles. The van der Waals surface area contributed by atoms with Crippen LogP contribution in [-0.2, 0) is 25.4 Å². The summed E-state index contributed by atoms with van der Waals surface area (Å²) >= 11 is 0. The number of carbonyl (C=O) groups is 1. The summed E-state index contributed by atoms with van der Waals surface area (Å²) in [7, 11) is 3.06. The van der Waals surface area contributed by atoms with Crippen LogP contribution in [0.15, 0.2) is 21.9 Å². The largest absolute Gasteiger partial charge is 0.340 e. The Balaban J connectivity index is 0.00000243. The number of aryl methyl sites for hydroxylation is 1. The van der Waals surface area contributed by atoms with Crippen LogP contribution < -0.4 is 17.0 Å². The second-order valence-electron chi connectivity index (χ2n) is 7.59. The summed E-state index contributed by atoms with van der Waals surface area (Å²) in [5, 5.41) is 0.429. The van der Waals surface area contributed by atoms with Crippen molar-refractivity contribution in [1.82, 2.24) is 18.6 Å². The molecule has 2 aromatic rings. The van der Waals surface area contributed by atoms with E-state index < -0.39 is 5.69 Å². The molecule has 1 amide bonds. The van der Waals surface area contributed by atoms with Crippen LogP contribution in [-0.4, -0.2) is 43.6 Å². The standard InChI is InChI=1S/C17H25N5O3.ClH/c1-17(2)10-22(8-6-12(17)18)13(23)9-21-7-5-11-14(21)19(3)16(25)20(4)15(11)24;/h5,7,12H,6,8-10,18H2,1-4H3;1H. The van der Waals surface area contributed by atoms with Gasteiger partial charge in [-0.1, -0.05) is 13.8 Å². The Morgan fingerprint density at radius 1 is 1.27 bits per heavy atom. The van der Waals surface area contributed by atoms with E-state index in [1.807, 2.05) is 4.90 Å². The van der Waals surface area contributed by atoms with Gasteiger partial charge in [-0.2, -0.15) is 0 Å². The van der Waals surface area contributed by atoms with Crippen LogP contribution in [0.5, 0.6) is 0 Å². The maximum absolute atomic E-state index is 12.7. The summed E-state index contributed by atoms with van der Waals surface area (Å²) in [6.07, 6.45) is 2.45. The number of nitrogens with zero attached hydrogens (tertiary/aromatic N) is 4. The quantitative estimate of drug-likeness (QED) is 0.792. The smallest absolute Gasteiger partial charge is 0.332 e. The minimum atomic E-state index is -0.407. The molecule has 1 aliphatic rings. The highest BCUT2D eigenvalue weighted by Crippen LogP contribution is 2.27. The minimum Gasteiger partial charge on any atom is -0.340 e. The first-order valence-corrected chi connectivity index (χ1v) is 8.41. The fourth-order valence-electron chi connectivity index (χ4n) is 3.55. The number of carbonyl (C=O) groups excluding carboxylic acids is 1. The number of amides is 1. The summed E-state index contributed by atoms with van der Waals surface area (Å²) in [6, 6.07) is 1.73. The van der Waals surface area contributed by atoms with Crippen molar-refractivity contribution in [1.29, 1.82) is 0 Å². The molecule has 0 radical (unpaired) electrons. The number of hydrogen-bond donors (Lipinski definition) is 1. The predicted molar refractivity (Wildman–Crippen MR) is 103 cm³/mol. The van der Waals surface area contributed by atoms with Crippen molar-refractivity contribution in [2.75, 3.05) is 13.1 Å². The molecule has 1 unspecified atom stereocenters. The van der Waals surface area contributed by atoms with Gasteiger partial charge in [-0.05, 0) is 17.9 Å². The first-order chi connectivity index (χ1) is 11.6. The third-order valence-electron chi connectivity index (χ3n) is 5.33. The Morgan fingerprint density at radius 3 is 2.54 bits per heavy atom. The van der Waals surface area contributed by atoms with Gasteiger partial charge in [0.25, 0.3) is 5.56 Å². The van der Waals surface area contributed by atoms with Crippen molar-refractivity contribution in [2.45, 2.75) is 32.9 Å². The Morgan fingerprint density at radius 2 is 1.92 bits per heavy atom. The van der Waals surface area contributed by atoms with Crippen molar-refractivity contribution in [3.8, 4) is 0 Å². The first-order valence-electron chi connectivity index (χ1n) is 8.41. The van der Waals surface area contributed by atoms with E-state index in [-0.39, 0.29) is 41.9 Å². The fraction of sp³-hybridized carbons (Fsp3) is 0.588. The average Bonchev–Trinajstić information content (AvgIpc) is 2.97. The zero-order valence-corrected chi connectivity index (χ0v) is 16.4. The van der Waals surface area contributed by atoms with Crippen LogP contribution in [0, 0.1) is 5.41 Å². The van der Waals surface area contributed by atoms with Gasteiger partial charge in [0.1, 0.15) is 12.2 Å². The van der Waals surface area contributed by atoms with E-state index in [1.54, 1.807) is 23.9 Å². The Bertz CT molecular complexity index is 956. The lowest BCUT2D eigenvalue weighted by Gasteiger charge is -2.42. The van der Waals surface area contributed by atoms with Gasteiger partial charge in [0.05, 0.1) is 5.39 Å². The lowest BCUT2D eigenvalue weighted by Crippen LogP contribution is -2.54. The normalized spacial score (nSPS) is 19.4. The molecular formula is C17H26ClN5O3. The predicted octanol–water partition coefficient (Wildman–Crippen LogP) is 0.0463. The first kappa shape index (κ1) is 20.3. The lowest BCUT2D eigenvalue weighted by atomic mass is 9.79. The van der Waals surface area contributed by atoms with Crippen LogP contribution in [0.1, 0.15) is 20.3 Å². The molecule has 0 aliphatic carbocycles. The third-order valence-corrected chi connectivity index (χ3v) is 5.33. The lowest BCUT2D eigenvalue weighted by molar-refractivity contribution is -0.135. The van der Waals surface area contributed by atoms with Gasteiger partial charge < -0.3 is 15.2 Å². The molecule has 1 aliphatic heterocycles. The van der Waals surface area contributed by atoms with Crippen LogP contribution in [0.4, 0.5) is 0 Å². The van der Waals surface area contributed by atoms with E-state index in [0.29, 0.717) is 24.1 Å². The van der Waals surface area contributed by atoms with E-state index in [9.17, 15) is 14.4 Å². The van der Waals surface area contributed by atoms with Crippen LogP contribution in [0.2, 0.25) is 0 Å². The van der Waals surface area contributed by atoms with E-state index in [0.717, 1.165) is 11.0 Å². The molecule has 8 nitrogen and oxygen atoms in total. The highest BCUT2D eigenvalue weighted by atomic mass is 35.5. The van der Waals surface area contributed by atoms with Crippen molar-refractivity contribution in [3.05, 3.63) is 33.1 Å². The van der Waals surface area contributed by atoms with Crippen molar-refractivity contribution in [2.24, 2.45) is 25.2 Å². The van der Waals surface area contributed by atoms with Crippen molar-refractivity contribution >= 4 is 29.3 Å². The summed E-state index contributed by atoms with van der Waals surface area (Å²) in [6.45, 7) is 5.46. The van der Waals surface area contributed by atoms with E-state index >= 15 is 0 Å². The van der Waals surface area contributed by atoms with Crippen molar-refractivity contribution in [3.63, 3.8) is 0 Å². The van der Waals surface area contributed by atoms with Gasteiger partial charge in [-0.25, -0.2) is 4.79 Å². The molecule has 0 aromatic carbocycles. The second-order valence-corrected chi connectivity index (χ2v) is 7.59. The summed E-state index contributed by atoms with van der Waals surface area (Å²) in [4.78, 5) is 39.0. The summed E-state index contributed by atoms with van der Waals surface area (Å²) in [5.41, 5.74) is 5.71. The monoisotopic (exact) mass is 383 g/mol. The molecule has 0 saturated carbocycles. The molecule has 0 bridgehead atoms. The highest BCUT2D eigenvalue weighted by molar-refractivity contribution is 5.85. The minimum absolute atomic E-state index is 0. The molecule has 2 N–H and O–H groups in total. The highest BCUT2D eigenvalue weighted by Gasteiger charge is 2.35. The number of aromatic nitrogens is 3. The van der Waals surface area contributed by atoms with Gasteiger partial charge in [0.2, 0.25) is 5.91 Å². The molecule has 144 valence electrons. The van der Waals surface area contributed by atoms with Crippen molar-refractivity contribution < 1.29 is 4.79 Å². The Kier molecular flexibility index (Phi) is 5.39. The molecule has 9 heteroatoms.